The Balaban J connectivity index is 1.28. The third-order valence-electron chi connectivity index (χ3n) is 5.32. The van der Waals surface area contributed by atoms with E-state index in [1.165, 1.54) is 16.7 Å². The minimum atomic E-state index is -0.197. The molecule has 4 rings (SSSR count). The second-order valence-electron chi connectivity index (χ2n) is 7.42. The van der Waals surface area contributed by atoms with Crippen LogP contribution < -0.4 is 5.32 Å². The van der Waals surface area contributed by atoms with E-state index < -0.39 is 0 Å². The molecule has 0 spiro atoms. The fraction of sp³-hybridized carbons (Fsp3) is 0.240. The Kier molecular flexibility index (Phi) is 5.83. The van der Waals surface area contributed by atoms with Crippen molar-refractivity contribution >= 4 is 5.97 Å². The van der Waals surface area contributed by atoms with Crippen LogP contribution >= 0.6 is 0 Å². The fourth-order valence-corrected chi connectivity index (χ4v) is 3.77. The molecule has 1 saturated heterocycles. The van der Waals surface area contributed by atoms with Crippen LogP contribution in [0.2, 0.25) is 0 Å². The average molecular weight is 371 g/mol. The quantitative estimate of drug-likeness (QED) is 0.643. The van der Waals surface area contributed by atoms with Gasteiger partial charge in [0.05, 0.1) is 0 Å². The molecule has 2 atom stereocenters. The van der Waals surface area contributed by atoms with E-state index in [0.717, 1.165) is 24.9 Å². The van der Waals surface area contributed by atoms with E-state index in [1.54, 1.807) is 0 Å². The van der Waals surface area contributed by atoms with Gasteiger partial charge < -0.3 is 10.1 Å². The third-order valence-corrected chi connectivity index (χ3v) is 5.32. The summed E-state index contributed by atoms with van der Waals surface area (Å²) >= 11 is 0. The van der Waals surface area contributed by atoms with Crippen LogP contribution in [0.4, 0.5) is 0 Å². The first-order chi connectivity index (χ1) is 13.8. The van der Waals surface area contributed by atoms with E-state index in [2.05, 4.69) is 53.8 Å². The van der Waals surface area contributed by atoms with Gasteiger partial charge in [0.15, 0.2) is 0 Å². The summed E-state index contributed by atoms with van der Waals surface area (Å²) < 4.78 is 5.47. The maximum atomic E-state index is 12.3. The largest absolute Gasteiger partial charge is 0.460 e. The normalized spacial score (nSPS) is 18.7. The molecule has 0 unspecified atom stereocenters. The van der Waals surface area contributed by atoms with Crippen molar-refractivity contribution in [3.05, 3.63) is 96.1 Å². The molecule has 0 aromatic heterocycles. The maximum absolute atomic E-state index is 12.3. The Morgan fingerprint density at radius 2 is 1.46 bits per heavy atom. The molecule has 0 aliphatic carbocycles. The highest BCUT2D eigenvalue weighted by atomic mass is 16.5. The Bertz CT molecular complexity index is 891. The second-order valence-corrected chi connectivity index (χ2v) is 7.42. The lowest BCUT2D eigenvalue weighted by Gasteiger charge is -2.11. The van der Waals surface area contributed by atoms with Crippen LogP contribution in [0.1, 0.15) is 17.5 Å². The van der Waals surface area contributed by atoms with E-state index in [1.807, 2.05) is 36.4 Å². The zero-order chi connectivity index (χ0) is 19.2. The maximum Gasteiger partial charge on any atom is 0.323 e. The van der Waals surface area contributed by atoms with Crippen molar-refractivity contribution in [2.24, 2.45) is 5.92 Å². The number of benzene rings is 3. The van der Waals surface area contributed by atoms with E-state index in [0.29, 0.717) is 12.5 Å². The highest BCUT2D eigenvalue weighted by Crippen LogP contribution is 2.23. The third kappa shape index (κ3) is 4.68. The minimum Gasteiger partial charge on any atom is -0.460 e. The summed E-state index contributed by atoms with van der Waals surface area (Å²) in [5, 5.41) is 3.33. The zero-order valence-corrected chi connectivity index (χ0v) is 15.9. The van der Waals surface area contributed by atoms with Gasteiger partial charge in [-0.05, 0) is 47.6 Å². The predicted octanol–water partition coefficient (Wildman–Crippen LogP) is 4.62. The van der Waals surface area contributed by atoms with E-state index in [4.69, 9.17) is 4.74 Å². The Morgan fingerprint density at radius 3 is 2.18 bits per heavy atom. The molecule has 1 aliphatic rings. The van der Waals surface area contributed by atoms with E-state index in [9.17, 15) is 4.79 Å². The summed E-state index contributed by atoms with van der Waals surface area (Å²) in [6.07, 6.45) is 1.80. The topological polar surface area (TPSA) is 38.3 Å². The number of hydrogen-bond donors (Lipinski definition) is 1. The zero-order valence-electron chi connectivity index (χ0n) is 15.9. The van der Waals surface area contributed by atoms with Crippen molar-refractivity contribution in [1.29, 1.82) is 0 Å². The van der Waals surface area contributed by atoms with Crippen molar-refractivity contribution in [2.45, 2.75) is 25.5 Å². The van der Waals surface area contributed by atoms with Crippen LogP contribution in [0.25, 0.3) is 11.1 Å². The van der Waals surface area contributed by atoms with Crippen LogP contribution in [-0.2, 0) is 22.6 Å². The molecule has 0 amide bonds. The van der Waals surface area contributed by atoms with Gasteiger partial charge in [0.25, 0.3) is 0 Å². The highest BCUT2D eigenvalue weighted by molar-refractivity contribution is 5.76. The van der Waals surface area contributed by atoms with Gasteiger partial charge in [0, 0.05) is 0 Å². The van der Waals surface area contributed by atoms with Crippen LogP contribution in [0.5, 0.6) is 0 Å². The van der Waals surface area contributed by atoms with E-state index >= 15 is 0 Å². The van der Waals surface area contributed by atoms with Crippen molar-refractivity contribution < 1.29 is 9.53 Å². The first-order valence-electron chi connectivity index (χ1n) is 9.86. The average Bonchev–Trinajstić information content (AvgIpc) is 3.22. The minimum absolute atomic E-state index is 0.147. The lowest BCUT2D eigenvalue weighted by Crippen LogP contribution is -2.32. The Morgan fingerprint density at radius 1 is 0.821 bits per heavy atom. The molecule has 3 aromatic carbocycles. The Labute approximate surface area is 166 Å². The van der Waals surface area contributed by atoms with Gasteiger partial charge in [-0.25, -0.2) is 0 Å². The smallest absolute Gasteiger partial charge is 0.323 e. The molecule has 1 heterocycles. The monoisotopic (exact) mass is 371 g/mol. The molecule has 3 aromatic rings. The number of rotatable bonds is 6. The summed E-state index contributed by atoms with van der Waals surface area (Å²) in [6, 6.07) is 28.8. The van der Waals surface area contributed by atoms with Crippen LogP contribution in [0.3, 0.4) is 0 Å². The first kappa shape index (κ1) is 18.5. The summed E-state index contributed by atoms with van der Waals surface area (Å²) in [6.45, 7) is 1.19. The van der Waals surface area contributed by atoms with Gasteiger partial charge in [-0.3, -0.25) is 4.79 Å². The van der Waals surface area contributed by atoms with Crippen LogP contribution in [0, 0.1) is 5.92 Å². The van der Waals surface area contributed by atoms with E-state index in [-0.39, 0.29) is 12.0 Å². The van der Waals surface area contributed by atoms with Crippen molar-refractivity contribution in [2.75, 3.05) is 6.54 Å². The summed E-state index contributed by atoms with van der Waals surface area (Å²) in [4.78, 5) is 12.3. The first-order valence-corrected chi connectivity index (χ1v) is 9.86. The second kappa shape index (κ2) is 8.85. The van der Waals surface area contributed by atoms with Crippen LogP contribution in [0.15, 0.2) is 84.9 Å². The fourth-order valence-electron chi connectivity index (χ4n) is 3.77. The molecule has 1 N–H and O–H groups in total. The number of nitrogens with one attached hydrogen (secondary N) is 1. The van der Waals surface area contributed by atoms with Gasteiger partial charge in [0.2, 0.25) is 0 Å². The standard InChI is InChI=1S/C25H25NO2/c27-25(28-18-20-7-3-1-4-8-20)24-16-21(17-26-24)15-19-11-13-23(14-12-19)22-9-5-2-6-10-22/h1-14,21,24,26H,15-18H2/t21-,24+/m0/s1. The van der Waals surface area contributed by atoms with Gasteiger partial charge in [-0.1, -0.05) is 84.9 Å². The van der Waals surface area contributed by atoms with Crippen molar-refractivity contribution in [3.8, 4) is 11.1 Å². The molecule has 0 saturated carbocycles. The van der Waals surface area contributed by atoms with Gasteiger partial charge in [-0.15, -0.1) is 0 Å². The summed E-state index contributed by atoms with van der Waals surface area (Å²) in [7, 11) is 0. The van der Waals surface area contributed by atoms with Gasteiger partial charge >= 0.3 is 5.97 Å². The molecule has 1 fully saturated rings. The molecule has 0 bridgehead atoms. The molecule has 142 valence electrons. The number of esters is 1. The number of carbonyl (C=O) groups is 1. The van der Waals surface area contributed by atoms with Gasteiger partial charge in [0.1, 0.15) is 12.6 Å². The number of ether oxygens (including phenoxy) is 1. The van der Waals surface area contributed by atoms with Crippen LogP contribution in [-0.4, -0.2) is 18.6 Å². The molecule has 3 nitrogen and oxygen atoms in total. The molecule has 0 radical (unpaired) electrons. The molecule has 3 heteroatoms. The molecule has 1 aliphatic heterocycles. The lowest BCUT2D eigenvalue weighted by atomic mass is 9.95. The Hall–Kier alpha value is -2.91. The van der Waals surface area contributed by atoms with Crippen molar-refractivity contribution in [3.63, 3.8) is 0 Å². The summed E-state index contributed by atoms with van der Waals surface area (Å²) in [5.74, 6) is 0.308. The summed E-state index contributed by atoms with van der Waals surface area (Å²) in [5.41, 5.74) is 4.79. The predicted molar refractivity (Wildman–Crippen MR) is 112 cm³/mol. The van der Waals surface area contributed by atoms with Crippen molar-refractivity contribution in [1.82, 2.24) is 5.32 Å². The lowest BCUT2D eigenvalue weighted by molar-refractivity contribution is -0.147. The highest BCUT2D eigenvalue weighted by Gasteiger charge is 2.30. The molecular weight excluding hydrogens is 346 g/mol. The molecular formula is C25H25NO2. The number of hydrogen-bond acceptors (Lipinski definition) is 3. The van der Waals surface area contributed by atoms with Gasteiger partial charge in [-0.2, -0.15) is 0 Å². The SMILES string of the molecule is O=C(OCc1ccccc1)[C@H]1C[C@H](Cc2ccc(-c3ccccc3)cc2)CN1. The molecule has 28 heavy (non-hydrogen) atoms. The number of carbonyl (C=O) groups excluding carboxylic acids is 1.